The van der Waals surface area contributed by atoms with Crippen molar-refractivity contribution in [2.45, 2.75) is 44.8 Å². The van der Waals surface area contributed by atoms with Gasteiger partial charge in [-0.15, -0.1) is 0 Å². The van der Waals surface area contributed by atoms with Gasteiger partial charge in [-0.25, -0.2) is 0 Å². The number of nitrogens with zero attached hydrogens (tertiary/aromatic N) is 3. The third kappa shape index (κ3) is 2.88. The van der Waals surface area contributed by atoms with Gasteiger partial charge in [-0.05, 0) is 32.8 Å². The van der Waals surface area contributed by atoms with Gasteiger partial charge in [0.1, 0.15) is 12.0 Å². The maximum Gasteiger partial charge on any atom is 0.257 e. The van der Waals surface area contributed by atoms with Crippen LogP contribution in [0.2, 0.25) is 0 Å². The van der Waals surface area contributed by atoms with E-state index in [-0.39, 0.29) is 18.1 Å². The standard InChI is InChI=1S/C16H19N3O4/c1-9-5-12(8-21-9)16(20)19-6-10(2)22-13(7-19)15-17-14(18-23-15)11-3-4-11/h5,8,10-11,13H,3-4,6-7H2,1-2H3/t10-,13-/m1/s1. The minimum absolute atomic E-state index is 0.0658. The Balaban J connectivity index is 1.51. The van der Waals surface area contributed by atoms with Crippen molar-refractivity contribution in [2.24, 2.45) is 0 Å². The van der Waals surface area contributed by atoms with E-state index in [1.54, 1.807) is 11.0 Å². The fourth-order valence-electron chi connectivity index (χ4n) is 2.88. The molecular formula is C16H19N3O4. The van der Waals surface area contributed by atoms with E-state index in [0.717, 1.165) is 24.4 Å². The van der Waals surface area contributed by atoms with Gasteiger partial charge in [0.05, 0.1) is 18.2 Å². The maximum atomic E-state index is 12.6. The number of hydrogen-bond acceptors (Lipinski definition) is 6. The summed E-state index contributed by atoms with van der Waals surface area (Å²) in [5, 5.41) is 4.03. The summed E-state index contributed by atoms with van der Waals surface area (Å²) in [4.78, 5) is 18.8. The summed E-state index contributed by atoms with van der Waals surface area (Å²) in [6.07, 6.45) is 3.25. The molecule has 0 N–H and O–H groups in total. The number of ether oxygens (including phenoxy) is 1. The molecule has 1 aliphatic heterocycles. The van der Waals surface area contributed by atoms with Gasteiger partial charge in [-0.1, -0.05) is 5.16 Å². The Bertz CT molecular complexity index is 718. The fourth-order valence-corrected chi connectivity index (χ4v) is 2.88. The first-order valence-electron chi connectivity index (χ1n) is 7.93. The van der Waals surface area contributed by atoms with Gasteiger partial charge < -0.3 is 18.6 Å². The lowest BCUT2D eigenvalue weighted by molar-refractivity contribution is -0.0810. The van der Waals surface area contributed by atoms with Crippen LogP contribution in [0.1, 0.15) is 59.6 Å². The third-order valence-electron chi connectivity index (χ3n) is 4.20. The van der Waals surface area contributed by atoms with E-state index < -0.39 is 0 Å². The molecule has 1 saturated carbocycles. The van der Waals surface area contributed by atoms with Gasteiger partial charge in [0.15, 0.2) is 11.9 Å². The summed E-state index contributed by atoms with van der Waals surface area (Å²) in [5.41, 5.74) is 0.555. The van der Waals surface area contributed by atoms with Crippen molar-refractivity contribution in [2.75, 3.05) is 13.1 Å². The molecule has 3 heterocycles. The second kappa shape index (κ2) is 5.49. The highest BCUT2D eigenvalue weighted by molar-refractivity contribution is 5.94. The highest BCUT2D eigenvalue weighted by Crippen LogP contribution is 2.39. The highest BCUT2D eigenvalue weighted by atomic mass is 16.5. The Labute approximate surface area is 133 Å². The normalized spacial score (nSPS) is 24.9. The molecule has 122 valence electrons. The number of hydrogen-bond donors (Lipinski definition) is 0. The highest BCUT2D eigenvalue weighted by Gasteiger charge is 2.35. The van der Waals surface area contributed by atoms with Gasteiger partial charge >= 0.3 is 0 Å². The SMILES string of the molecule is Cc1cc(C(=O)N2C[C@@H](C)O[C@@H](c3nc(C4CC4)no3)C2)co1. The average Bonchev–Trinajstić information content (AvgIpc) is 3.10. The van der Waals surface area contributed by atoms with E-state index in [9.17, 15) is 4.79 Å². The lowest BCUT2D eigenvalue weighted by atomic mass is 10.2. The topological polar surface area (TPSA) is 81.6 Å². The van der Waals surface area contributed by atoms with E-state index in [2.05, 4.69) is 10.1 Å². The molecule has 4 rings (SSSR count). The fraction of sp³-hybridized carbons (Fsp3) is 0.562. The predicted molar refractivity (Wildman–Crippen MR) is 78.9 cm³/mol. The van der Waals surface area contributed by atoms with Crippen LogP contribution < -0.4 is 0 Å². The lowest BCUT2D eigenvalue weighted by Gasteiger charge is -2.35. The first-order chi connectivity index (χ1) is 11.1. The number of aryl methyl sites for hydroxylation is 1. The number of rotatable bonds is 3. The van der Waals surface area contributed by atoms with Crippen LogP contribution >= 0.6 is 0 Å². The maximum absolute atomic E-state index is 12.6. The van der Waals surface area contributed by atoms with Crippen LogP contribution in [-0.2, 0) is 4.74 Å². The molecular weight excluding hydrogens is 298 g/mol. The zero-order chi connectivity index (χ0) is 16.0. The smallest absolute Gasteiger partial charge is 0.257 e. The van der Waals surface area contributed by atoms with Crippen molar-refractivity contribution in [1.82, 2.24) is 15.0 Å². The predicted octanol–water partition coefficient (Wildman–Crippen LogP) is 2.45. The van der Waals surface area contributed by atoms with Crippen LogP contribution in [-0.4, -0.2) is 40.1 Å². The van der Waals surface area contributed by atoms with Crippen molar-refractivity contribution in [1.29, 1.82) is 0 Å². The molecule has 2 fully saturated rings. The van der Waals surface area contributed by atoms with Crippen LogP contribution in [0.5, 0.6) is 0 Å². The minimum atomic E-state index is -0.379. The van der Waals surface area contributed by atoms with Crippen molar-refractivity contribution in [3.05, 3.63) is 35.4 Å². The van der Waals surface area contributed by atoms with E-state index in [4.69, 9.17) is 13.7 Å². The Kier molecular flexibility index (Phi) is 3.45. The number of morpholine rings is 1. The van der Waals surface area contributed by atoms with Crippen LogP contribution in [0.3, 0.4) is 0 Å². The molecule has 0 spiro atoms. The summed E-state index contributed by atoms with van der Waals surface area (Å²) in [6.45, 7) is 4.69. The molecule has 2 aromatic rings. The molecule has 7 heteroatoms. The van der Waals surface area contributed by atoms with E-state index in [1.165, 1.54) is 6.26 Å². The Morgan fingerprint density at radius 3 is 2.87 bits per heavy atom. The summed E-state index contributed by atoms with van der Waals surface area (Å²) < 4.78 is 16.5. The van der Waals surface area contributed by atoms with Crippen LogP contribution in [0.25, 0.3) is 0 Å². The molecule has 0 unspecified atom stereocenters. The number of aromatic nitrogens is 2. The van der Waals surface area contributed by atoms with Crippen LogP contribution in [0.4, 0.5) is 0 Å². The summed E-state index contributed by atoms with van der Waals surface area (Å²) in [5.74, 6) is 2.30. The number of carbonyl (C=O) groups is 1. The van der Waals surface area contributed by atoms with Gasteiger partial charge in [-0.2, -0.15) is 4.98 Å². The van der Waals surface area contributed by atoms with Crippen molar-refractivity contribution >= 4 is 5.91 Å². The molecule has 0 aromatic carbocycles. The molecule has 2 atom stereocenters. The Hall–Kier alpha value is -2.15. The summed E-state index contributed by atoms with van der Waals surface area (Å²) >= 11 is 0. The molecule has 0 radical (unpaired) electrons. The summed E-state index contributed by atoms with van der Waals surface area (Å²) in [6, 6.07) is 1.75. The Morgan fingerprint density at radius 2 is 2.17 bits per heavy atom. The monoisotopic (exact) mass is 317 g/mol. The molecule has 23 heavy (non-hydrogen) atoms. The largest absolute Gasteiger partial charge is 0.469 e. The van der Waals surface area contributed by atoms with Crippen molar-refractivity contribution in [3.8, 4) is 0 Å². The minimum Gasteiger partial charge on any atom is -0.469 e. The molecule has 2 aliphatic rings. The quantitative estimate of drug-likeness (QED) is 0.865. The molecule has 1 aliphatic carbocycles. The van der Waals surface area contributed by atoms with Gasteiger partial charge in [0.2, 0.25) is 0 Å². The second-order valence-corrected chi connectivity index (χ2v) is 6.36. The van der Waals surface area contributed by atoms with Crippen LogP contribution in [0.15, 0.2) is 21.3 Å². The van der Waals surface area contributed by atoms with Crippen molar-refractivity contribution < 1.29 is 18.5 Å². The van der Waals surface area contributed by atoms with E-state index in [0.29, 0.717) is 30.5 Å². The zero-order valence-corrected chi connectivity index (χ0v) is 13.2. The third-order valence-corrected chi connectivity index (χ3v) is 4.20. The number of carbonyl (C=O) groups excluding carboxylic acids is 1. The molecule has 0 bridgehead atoms. The molecule has 2 aromatic heterocycles. The lowest BCUT2D eigenvalue weighted by Crippen LogP contribution is -2.46. The van der Waals surface area contributed by atoms with Crippen molar-refractivity contribution in [3.63, 3.8) is 0 Å². The van der Waals surface area contributed by atoms with Crippen LogP contribution in [0, 0.1) is 6.92 Å². The molecule has 7 nitrogen and oxygen atoms in total. The number of furan rings is 1. The zero-order valence-electron chi connectivity index (χ0n) is 13.2. The van der Waals surface area contributed by atoms with Gasteiger partial charge in [0, 0.05) is 12.5 Å². The Morgan fingerprint density at radius 1 is 1.35 bits per heavy atom. The molecule has 1 saturated heterocycles. The van der Waals surface area contributed by atoms with E-state index >= 15 is 0 Å². The van der Waals surface area contributed by atoms with Gasteiger partial charge in [0.25, 0.3) is 11.8 Å². The second-order valence-electron chi connectivity index (χ2n) is 6.36. The molecule has 1 amide bonds. The number of amides is 1. The first kappa shape index (κ1) is 14.4. The average molecular weight is 317 g/mol. The van der Waals surface area contributed by atoms with E-state index in [1.807, 2.05) is 13.8 Å². The summed E-state index contributed by atoms with van der Waals surface area (Å²) in [7, 11) is 0. The first-order valence-corrected chi connectivity index (χ1v) is 7.93. The van der Waals surface area contributed by atoms with Gasteiger partial charge in [-0.3, -0.25) is 4.79 Å².